The summed E-state index contributed by atoms with van der Waals surface area (Å²) in [6, 6.07) is 10.3. The van der Waals surface area contributed by atoms with Crippen LogP contribution in [0.1, 0.15) is 23.1 Å². The Labute approximate surface area is 113 Å². The van der Waals surface area contributed by atoms with Gasteiger partial charge in [-0.2, -0.15) is 0 Å². The third kappa shape index (κ3) is 2.44. The van der Waals surface area contributed by atoms with Crippen molar-refractivity contribution in [1.82, 2.24) is 9.88 Å². The number of hydrogen-bond acceptors (Lipinski definition) is 2. The van der Waals surface area contributed by atoms with Crippen LogP contribution >= 0.6 is 0 Å². The van der Waals surface area contributed by atoms with Crippen molar-refractivity contribution in [3.05, 3.63) is 59.4 Å². The molecule has 3 rings (SSSR count). The van der Waals surface area contributed by atoms with Gasteiger partial charge in [0.05, 0.1) is 0 Å². The van der Waals surface area contributed by atoms with Crippen LogP contribution in [0.3, 0.4) is 0 Å². The van der Waals surface area contributed by atoms with E-state index in [0.29, 0.717) is 6.54 Å². The molecule has 1 unspecified atom stereocenters. The number of rotatable bonds is 4. The monoisotopic (exact) mass is 256 g/mol. The van der Waals surface area contributed by atoms with Crippen LogP contribution in [-0.4, -0.2) is 16.2 Å². The quantitative estimate of drug-likeness (QED) is 0.877. The first-order valence-corrected chi connectivity index (χ1v) is 6.80. The van der Waals surface area contributed by atoms with Crippen LogP contribution < -0.4 is 5.32 Å². The Kier molecular flexibility index (Phi) is 3.17. The molecule has 1 aliphatic rings. The highest BCUT2D eigenvalue weighted by Gasteiger charge is 2.35. The van der Waals surface area contributed by atoms with Gasteiger partial charge in [-0.1, -0.05) is 24.3 Å². The maximum Gasteiger partial charge on any atom is 0.103 e. The van der Waals surface area contributed by atoms with Gasteiger partial charge in [0.25, 0.3) is 0 Å². The molecule has 0 saturated heterocycles. The number of hydrogen-bond donors (Lipinski definition) is 2. The number of nitrogens with zero attached hydrogens (tertiary/aromatic N) is 1. The number of aliphatic hydroxyl groups is 1. The van der Waals surface area contributed by atoms with E-state index in [9.17, 15) is 5.11 Å². The van der Waals surface area contributed by atoms with Gasteiger partial charge in [-0.3, -0.25) is 0 Å². The molecule has 1 aromatic carbocycles. The fraction of sp³-hybridized carbons (Fsp3) is 0.375. The van der Waals surface area contributed by atoms with Crippen molar-refractivity contribution in [2.75, 3.05) is 6.54 Å². The predicted molar refractivity (Wildman–Crippen MR) is 75.8 cm³/mol. The minimum absolute atomic E-state index is 0.610. The van der Waals surface area contributed by atoms with E-state index in [1.54, 1.807) is 0 Å². The fourth-order valence-corrected chi connectivity index (χ4v) is 2.93. The highest BCUT2D eigenvalue weighted by Crippen LogP contribution is 2.36. The fourth-order valence-electron chi connectivity index (χ4n) is 2.93. The van der Waals surface area contributed by atoms with Gasteiger partial charge in [0, 0.05) is 32.5 Å². The average Bonchev–Trinajstić information content (AvgIpc) is 2.96. The molecule has 1 atom stereocenters. The molecule has 0 bridgehead atoms. The van der Waals surface area contributed by atoms with Crippen LogP contribution in [0.15, 0.2) is 42.7 Å². The van der Waals surface area contributed by atoms with Gasteiger partial charge >= 0.3 is 0 Å². The minimum atomic E-state index is -0.703. The molecule has 2 aromatic rings. The molecule has 1 heterocycles. The second-order valence-corrected chi connectivity index (χ2v) is 5.48. The Morgan fingerprint density at radius 2 is 2.16 bits per heavy atom. The molecule has 0 amide bonds. The second-order valence-electron chi connectivity index (χ2n) is 5.48. The van der Waals surface area contributed by atoms with Crippen molar-refractivity contribution in [3.8, 4) is 0 Å². The number of fused-ring (bicyclic) bond motifs is 1. The van der Waals surface area contributed by atoms with E-state index in [4.69, 9.17) is 0 Å². The molecular formula is C16H20N2O. The van der Waals surface area contributed by atoms with Crippen LogP contribution in [0.4, 0.5) is 0 Å². The molecule has 3 heteroatoms. The van der Waals surface area contributed by atoms with Crippen LogP contribution in [-0.2, 0) is 25.6 Å². The Balaban J connectivity index is 1.64. The van der Waals surface area contributed by atoms with Crippen LogP contribution in [0, 0.1) is 0 Å². The Morgan fingerprint density at radius 3 is 2.95 bits per heavy atom. The smallest absolute Gasteiger partial charge is 0.103 e. The molecule has 0 radical (unpaired) electrons. The van der Waals surface area contributed by atoms with Crippen LogP contribution in [0.2, 0.25) is 0 Å². The molecular weight excluding hydrogens is 236 g/mol. The van der Waals surface area contributed by atoms with Gasteiger partial charge in [0.1, 0.15) is 5.60 Å². The minimum Gasteiger partial charge on any atom is -0.384 e. The third-order valence-corrected chi connectivity index (χ3v) is 3.97. The van der Waals surface area contributed by atoms with E-state index in [-0.39, 0.29) is 0 Å². The van der Waals surface area contributed by atoms with Crippen molar-refractivity contribution >= 4 is 0 Å². The molecule has 0 aliphatic heterocycles. The number of benzene rings is 1. The van der Waals surface area contributed by atoms with Crippen molar-refractivity contribution in [3.63, 3.8) is 0 Å². The topological polar surface area (TPSA) is 37.2 Å². The lowest BCUT2D eigenvalue weighted by atomic mass is 9.96. The lowest BCUT2D eigenvalue weighted by molar-refractivity contribution is 0.0384. The number of nitrogens with one attached hydrogen (secondary N) is 1. The van der Waals surface area contributed by atoms with E-state index >= 15 is 0 Å². The zero-order valence-corrected chi connectivity index (χ0v) is 11.3. The summed E-state index contributed by atoms with van der Waals surface area (Å²) in [6.07, 6.45) is 5.92. The SMILES string of the molecule is Cn1ccc(CNCC2(O)CCc3ccccc32)c1. The molecule has 3 nitrogen and oxygen atoms in total. The largest absolute Gasteiger partial charge is 0.384 e. The van der Waals surface area contributed by atoms with Crippen molar-refractivity contribution in [2.45, 2.75) is 25.0 Å². The van der Waals surface area contributed by atoms with Gasteiger partial charge in [-0.25, -0.2) is 0 Å². The van der Waals surface area contributed by atoms with Gasteiger partial charge in [0.15, 0.2) is 0 Å². The van der Waals surface area contributed by atoms with Gasteiger partial charge in [0.2, 0.25) is 0 Å². The normalized spacial score (nSPS) is 21.6. The molecule has 1 aromatic heterocycles. The maximum absolute atomic E-state index is 10.8. The third-order valence-electron chi connectivity index (χ3n) is 3.97. The van der Waals surface area contributed by atoms with E-state index in [0.717, 1.165) is 24.9 Å². The van der Waals surface area contributed by atoms with Crippen LogP contribution in [0.25, 0.3) is 0 Å². The van der Waals surface area contributed by atoms with Gasteiger partial charge in [-0.05, 0) is 35.6 Å². The molecule has 100 valence electrons. The molecule has 19 heavy (non-hydrogen) atoms. The van der Waals surface area contributed by atoms with E-state index in [1.165, 1.54) is 11.1 Å². The zero-order valence-electron chi connectivity index (χ0n) is 11.3. The molecule has 1 aliphatic carbocycles. The number of aryl methyl sites for hydroxylation is 2. The lowest BCUT2D eigenvalue weighted by Crippen LogP contribution is -2.35. The summed E-state index contributed by atoms with van der Waals surface area (Å²) in [7, 11) is 2.02. The second kappa shape index (κ2) is 4.83. The molecule has 0 saturated carbocycles. The maximum atomic E-state index is 10.8. The summed E-state index contributed by atoms with van der Waals surface area (Å²) in [5, 5.41) is 14.1. The Bertz CT molecular complexity index is 576. The molecule has 0 fully saturated rings. The van der Waals surface area contributed by atoms with E-state index in [2.05, 4.69) is 23.6 Å². The Hall–Kier alpha value is -1.58. The predicted octanol–water partition coefficient (Wildman–Crippen LogP) is 1.95. The highest BCUT2D eigenvalue weighted by atomic mass is 16.3. The first kappa shape index (κ1) is 12.5. The summed E-state index contributed by atoms with van der Waals surface area (Å²) >= 11 is 0. The molecule has 0 spiro atoms. The summed E-state index contributed by atoms with van der Waals surface area (Å²) in [5.74, 6) is 0. The lowest BCUT2D eigenvalue weighted by Gasteiger charge is -2.24. The van der Waals surface area contributed by atoms with Gasteiger partial charge < -0.3 is 15.0 Å². The average molecular weight is 256 g/mol. The summed E-state index contributed by atoms with van der Waals surface area (Å²) in [4.78, 5) is 0. The highest BCUT2D eigenvalue weighted by molar-refractivity contribution is 5.37. The first-order chi connectivity index (χ1) is 9.17. The van der Waals surface area contributed by atoms with Crippen molar-refractivity contribution < 1.29 is 5.11 Å². The standard InChI is InChI=1S/C16H20N2O/c1-18-9-7-13(11-18)10-17-12-16(19)8-6-14-4-2-3-5-15(14)16/h2-5,7,9,11,17,19H,6,8,10,12H2,1H3. The molecule has 2 N–H and O–H groups in total. The zero-order chi connectivity index (χ0) is 13.3. The number of aromatic nitrogens is 1. The van der Waals surface area contributed by atoms with E-state index < -0.39 is 5.60 Å². The van der Waals surface area contributed by atoms with Crippen LogP contribution in [0.5, 0.6) is 0 Å². The summed E-state index contributed by atoms with van der Waals surface area (Å²) < 4.78 is 2.04. The summed E-state index contributed by atoms with van der Waals surface area (Å²) in [6.45, 7) is 1.41. The first-order valence-electron chi connectivity index (χ1n) is 6.80. The Morgan fingerprint density at radius 1 is 1.32 bits per heavy atom. The van der Waals surface area contributed by atoms with E-state index in [1.807, 2.05) is 36.0 Å². The van der Waals surface area contributed by atoms with Gasteiger partial charge in [-0.15, -0.1) is 0 Å². The summed E-state index contributed by atoms with van der Waals surface area (Å²) in [5.41, 5.74) is 2.92. The van der Waals surface area contributed by atoms with Crippen molar-refractivity contribution in [1.29, 1.82) is 0 Å². The van der Waals surface area contributed by atoms with Crippen molar-refractivity contribution in [2.24, 2.45) is 7.05 Å².